The number of piperidine rings is 2. The summed E-state index contributed by atoms with van der Waals surface area (Å²) in [4.78, 5) is 2.51. The van der Waals surface area contributed by atoms with Gasteiger partial charge in [0.15, 0.2) is 0 Å². The summed E-state index contributed by atoms with van der Waals surface area (Å²) in [7, 11) is 2.24. The van der Waals surface area contributed by atoms with Gasteiger partial charge in [0.1, 0.15) is 0 Å². The van der Waals surface area contributed by atoms with Crippen LogP contribution in [-0.4, -0.2) is 29.1 Å². The third kappa shape index (κ3) is 2.09. The first-order valence-corrected chi connectivity index (χ1v) is 8.52. The zero-order valence-electron chi connectivity index (χ0n) is 13.5. The van der Waals surface area contributed by atoms with Gasteiger partial charge in [0.25, 0.3) is 0 Å². The molecule has 2 aromatic rings. The second kappa shape index (κ2) is 5.07. The van der Waals surface area contributed by atoms with E-state index in [1.165, 1.54) is 41.2 Å². The first-order chi connectivity index (χ1) is 10.6. The van der Waals surface area contributed by atoms with Gasteiger partial charge in [-0.1, -0.05) is 42.8 Å². The zero-order chi connectivity index (χ0) is 15.3. The topological polar surface area (TPSA) is 23.5 Å². The number of benzene rings is 2. The second-order valence-corrected chi connectivity index (χ2v) is 7.32. The molecule has 2 aliphatic rings. The first kappa shape index (κ1) is 14.2. The molecule has 0 saturated carbocycles. The molecule has 0 spiro atoms. The summed E-state index contributed by atoms with van der Waals surface area (Å²) < 4.78 is 0. The Morgan fingerprint density at radius 2 is 1.73 bits per heavy atom. The average molecular weight is 295 g/mol. The van der Waals surface area contributed by atoms with E-state index in [4.69, 9.17) is 0 Å². The molecule has 2 fully saturated rings. The van der Waals surface area contributed by atoms with Crippen molar-refractivity contribution in [3.63, 3.8) is 0 Å². The normalized spacial score (nSPS) is 32.3. The summed E-state index contributed by atoms with van der Waals surface area (Å²) in [6.07, 6.45) is 5.49. The Morgan fingerprint density at radius 1 is 1.05 bits per heavy atom. The molecule has 116 valence electrons. The van der Waals surface area contributed by atoms with Gasteiger partial charge in [-0.15, -0.1) is 0 Å². The van der Waals surface area contributed by atoms with Gasteiger partial charge < -0.3 is 10.0 Å². The van der Waals surface area contributed by atoms with E-state index in [0.29, 0.717) is 12.1 Å². The largest absolute Gasteiger partial charge is 0.385 e. The third-order valence-corrected chi connectivity index (χ3v) is 5.98. The van der Waals surface area contributed by atoms with Crippen LogP contribution in [0.25, 0.3) is 10.8 Å². The first-order valence-electron chi connectivity index (χ1n) is 8.52. The Labute approximate surface area is 132 Å². The molecule has 0 aliphatic carbocycles. The van der Waals surface area contributed by atoms with Crippen LogP contribution in [0.1, 0.15) is 43.2 Å². The quantitative estimate of drug-likeness (QED) is 0.860. The number of hydrogen-bond acceptors (Lipinski definition) is 2. The van der Waals surface area contributed by atoms with Gasteiger partial charge >= 0.3 is 0 Å². The minimum atomic E-state index is -0.673. The summed E-state index contributed by atoms with van der Waals surface area (Å²) >= 11 is 0. The Kier molecular flexibility index (Phi) is 3.28. The maximum absolute atomic E-state index is 11.6. The second-order valence-electron chi connectivity index (χ2n) is 7.32. The summed E-state index contributed by atoms with van der Waals surface area (Å²) in [5.74, 6) is 0. The standard InChI is InChI=1S/C20H25NO/c1-14-10-11-15-6-3-4-9-18(15)19(14)20(22)12-16-7-5-8-17(13-20)21(16)2/h3-4,6,9-11,16-17,22H,5,7-8,12-13H2,1-2H3. The Bertz CT molecular complexity index is 694. The van der Waals surface area contributed by atoms with Crippen LogP contribution in [0.5, 0.6) is 0 Å². The van der Waals surface area contributed by atoms with Gasteiger partial charge in [-0.3, -0.25) is 0 Å². The fourth-order valence-corrected chi connectivity index (χ4v) is 4.85. The molecule has 2 unspecified atom stereocenters. The number of nitrogens with zero attached hydrogens (tertiary/aromatic N) is 1. The van der Waals surface area contributed by atoms with Crippen molar-refractivity contribution in [2.24, 2.45) is 0 Å². The lowest BCUT2D eigenvalue weighted by Crippen LogP contribution is -2.55. The highest BCUT2D eigenvalue weighted by Gasteiger charge is 2.45. The van der Waals surface area contributed by atoms with Crippen LogP contribution in [0, 0.1) is 6.92 Å². The smallest absolute Gasteiger partial charge is 0.0934 e. The molecule has 22 heavy (non-hydrogen) atoms. The molecular formula is C20H25NO. The van der Waals surface area contributed by atoms with E-state index in [0.717, 1.165) is 12.8 Å². The van der Waals surface area contributed by atoms with Crippen LogP contribution in [0.3, 0.4) is 0 Å². The highest BCUT2D eigenvalue weighted by molar-refractivity contribution is 5.87. The lowest BCUT2D eigenvalue weighted by Gasteiger charge is -2.51. The summed E-state index contributed by atoms with van der Waals surface area (Å²) in [5.41, 5.74) is 1.73. The third-order valence-electron chi connectivity index (χ3n) is 5.98. The van der Waals surface area contributed by atoms with E-state index in [-0.39, 0.29) is 0 Å². The maximum Gasteiger partial charge on any atom is 0.0934 e. The summed E-state index contributed by atoms with van der Waals surface area (Å²) in [5, 5.41) is 14.1. The molecule has 0 aromatic heterocycles. The van der Waals surface area contributed by atoms with E-state index < -0.39 is 5.60 Å². The number of hydrogen-bond donors (Lipinski definition) is 1. The van der Waals surface area contributed by atoms with Crippen molar-refractivity contribution in [2.75, 3.05) is 7.05 Å². The molecule has 2 heterocycles. The van der Waals surface area contributed by atoms with Crippen molar-refractivity contribution < 1.29 is 5.11 Å². The molecule has 4 rings (SSSR count). The Hall–Kier alpha value is -1.38. The molecule has 0 radical (unpaired) electrons. The van der Waals surface area contributed by atoms with Crippen molar-refractivity contribution >= 4 is 10.8 Å². The molecular weight excluding hydrogens is 270 g/mol. The van der Waals surface area contributed by atoms with Crippen molar-refractivity contribution in [2.45, 2.75) is 56.7 Å². The number of fused-ring (bicyclic) bond motifs is 3. The SMILES string of the molecule is Cc1ccc2ccccc2c1C1(O)CC2CCCC(C1)N2C. The number of aliphatic hydroxyl groups is 1. The van der Waals surface area contributed by atoms with Crippen LogP contribution in [-0.2, 0) is 5.60 Å². The highest BCUT2D eigenvalue weighted by Crippen LogP contribution is 2.46. The highest BCUT2D eigenvalue weighted by atomic mass is 16.3. The maximum atomic E-state index is 11.6. The zero-order valence-corrected chi connectivity index (χ0v) is 13.5. The molecule has 2 aliphatic heterocycles. The summed E-state index contributed by atoms with van der Waals surface area (Å²) in [6, 6.07) is 13.9. The van der Waals surface area contributed by atoms with E-state index in [9.17, 15) is 5.11 Å². The Balaban J connectivity index is 1.86. The van der Waals surface area contributed by atoms with Crippen LogP contribution in [0.15, 0.2) is 36.4 Å². The predicted molar refractivity (Wildman–Crippen MR) is 91.0 cm³/mol. The van der Waals surface area contributed by atoms with Crippen molar-refractivity contribution in [3.8, 4) is 0 Å². The molecule has 2 heteroatoms. The molecule has 0 amide bonds. The lowest BCUT2D eigenvalue weighted by atomic mass is 9.71. The molecule has 2 bridgehead atoms. The van der Waals surface area contributed by atoms with Crippen molar-refractivity contribution in [3.05, 3.63) is 47.5 Å². The Morgan fingerprint density at radius 3 is 2.45 bits per heavy atom. The number of rotatable bonds is 1. The fraction of sp³-hybridized carbons (Fsp3) is 0.500. The fourth-order valence-electron chi connectivity index (χ4n) is 4.85. The van der Waals surface area contributed by atoms with Gasteiger partial charge in [-0.25, -0.2) is 0 Å². The monoisotopic (exact) mass is 295 g/mol. The van der Waals surface area contributed by atoms with E-state index in [1.54, 1.807) is 0 Å². The minimum Gasteiger partial charge on any atom is -0.385 e. The van der Waals surface area contributed by atoms with Gasteiger partial charge in [-0.05, 0) is 61.6 Å². The molecule has 2 atom stereocenters. The molecule has 2 aromatic carbocycles. The predicted octanol–water partition coefficient (Wildman–Crippen LogP) is 3.98. The van der Waals surface area contributed by atoms with Crippen LogP contribution >= 0.6 is 0 Å². The van der Waals surface area contributed by atoms with Gasteiger partial charge in [0.2, 0.25) is 0 Å². The van der Waals surface area contributed by atoms with Gasteiger partial charge in [0, 0.05) is 12.1 Å². The lowest BCUT2D eigenvalue weighted by molar-refractivity contribution is -0.0869. The average Bonchev–Trinajstić information content (AvgIpc) is 2.49. The van der Waals surface area contributed by atoms with E-state index in [1.807, 2.05) is 0 Å². The van der Waals surface area contributed by atoms with Gasteiger partial charge in [0.05, 0.1) is 5.60 Å². The molecule has 1 N–H and O–H groups in total. The molecule has 2 nitrogen and oxygen atoms in total. The van der Waals surface area contributed by atoms with E-state index >= 15 is 0 Å². The van der Waals surface area contributed by atoms with Crippen molar-refractivity contribution in [1.29, 1.82) is 0 Å². The summed E-state index contributed by atoms with van der Waals surface area (Å²) in [6.45, 7) is 2.15. The van der Waals surface area contributed by atoms with Crippen LogP contribution in [0.2, 0.25) is 0 Å². The van der Waals surface area contributed by atoms with Crippen LogP contribution < -0.4 is 0 Å². The van der Waals surface area contributed by atoms with Crippen LogP contribution in [0.4, 0.5) is 0 Å². The van der Waals surface area contributed by atoms with Gasteiger partial charge in [-0.2, -0.15) is 0 Å². The van der Waals surface area contributed by atoms with Crippen molar-refractivity contribution in [1.82, 2.24) is 4.90 Å². The van der Waals surface area contributed by atoms with E-state index in [2.05, 4.69) is 55.3 Å². The molecule has 2 saturated heterocycles. The minimum absolute atomic E-state index is 0.524. The number of aryl methyl sites for hydroxylation is 1.